The fourth-order valence-electron chi connectivity index (χ4n) is 2.92. The number of nitrogens with zero attached hydrogens (tertiary/aromatic N) is 1. The summed E-state index contributed by atoms with van der Waals surface area (Å²) < 4.78 is 5.69. The molecule has 3 rings (SSSR count). The summed E-state index contributed by atoms with van der Waals surface area (Å²) in [6.07, 6.45) is 1.71. The average Bonchev–Trinajstić information content (AvgIpc) is 3.03. The Morgan fingerprint density at radius 3 is 2.58 bits per heavy atom. The van der Waals surface area contributed by atoms with Crippen molar-refractivity contribution in [3.05, 3.63) is 70.1 Å². The second kappa shape index (κ2) is 10.2. The molecule has 3 amide bonds. The maximum Gasteiger partial charge on any atom is 0.269 e. The molecule has 0 radical (unpaired) electrons. The molecule has 1 fully saturated rings. The van der Waals surface area contributed by atoms with Crippen LogP contribution >= 0.6 is 24.0 Å². The first-order valence-electron chi connectivity index (χ1n) is 9.44. The van der Waals surface area contributed by atoms with Crippen LogP contribution in [-0.2, 0) is 9.59 Å². The monoisotopic (exact) mass is 455 g/mol. The molecule has 31 heavy (non-hydrogen) atoms. The highest BCUT2D eigenvalue weighted by molar-refractivity contribution is 8.26. The van der Waals surface area contributed by atoms with E-state index in [0.29, 0.717) is 20.5 Å². The normalized spacial score (nSPS) is 14.6. The number of ether oxygens (including phenoxy) is 1. The number of carbonyl (C=O) groups is 3. The van der Waals surface area contributed by atoms with Gasteiger partial charge in [0, 0.05) is 24.1 Å². The van der Waals surface area contributed by atoms with E-state index in [0.717, 1.165) is 11.1 Å². The van der Waals surface area contributed by atoms with Gasteiger partial charge in [0.25, 0.3) is 11.8 Å². The minimum atomic E-state index is -0.426. The molecule has 0 spiro atoms. The quantitative estimate of drug-likeness (QED) is 0.396. The number of rotatable bonds is 6. The fraction of sp³-hybridized carbons (Fsp3) is 0.182. The smallest absolute Gasteiger partial charge is 0.269 e. The molecule has 7 nitrogen and oxygen atoms in total. The summed E-state index contributed by atoms with van der Waals surface area (Å²) in [5.41, 5.74) is 6.80. The third kappa shape index (κ3) is 5.50. The molecule has 2 aromatic carbocycles. The summed E-state index contributed by atoms with van der Waals surface area (Å²) in [6, 6.07) is 14.4. The van der Waals surface area contributed by atoms with Gasteiger partial charge in [0.1, 0.15) is 10.1 Å². The molecule has 0 bridgehead atoms. The summed E-state index contributed by atoms with van der Waals surface area (Å²) in [6.45, 7) is 1.92. The van der Waals surface area contributed by atoms with Crippen molar-refractivity contribution in [1.29, 1.82) is 0 Å². The first-order valence-corrected chi connectivity index (χ1v) is 10.7. The molecule has 9 heteroatoms. The van der Waals surface area contributed by atoms with Gasteiger partial charge >= 0.3 is 0 Å². The Labute approximate surface area is 189 Å². The van der Waals surface area contributed by atoms with Crippen molar-refractivity contribution in [2.75, 3.05) is 13.7 Å². The molecule has 0 aromatic heterocycles. The lowest BCUT2D eigenvalue weighted by Crippen LogP contribution is -2.43. The van der Waals surface area contributed by atoms with Crippen LogP contribution in [0.25, 0.3) is 6.08 Å². The predicted molar refractivity (Wildman–Crippen MR) is 124 cm³/mol. The summed E-state index contributed by atoms with van der Waals surface area (Å²) in [7, 11) is 1.56. The predicted octanol–water partition coefficient (Wildman–Crippen LogP) is 3.06. The number of hydrogen-bond donors (Lipinski definition) is 2. The first kappa shape index (κ1) is 22.5. The van der Waals surface area contributed by atoms with Gasteiger partial charge in [-0.05, 0) is 30.7 Å². The van der Waals surface area contributed by atoms with Crippen LogP contribution in [0.1, 0.15) is 27.9 Å². The van der Waals surface area contributed by atoms with Crippen molar-refractivity contribution < 1.29 is 19.1 Å². The van der Waals surface area contributed by atoms with Gasteiger partial charge < -0.3 is 4.74 Å². The number of nitrogens with one attached hydrogen (secondary N) is 2. The van der Waals surface area contributed by atoms with E-state index in [-0.39, 0.29) is 18.9 Å². The van der Waals surface area contributed by atoms with Crippen LogP contribution in [0.15, 0.2) is 53.4 Å². The van der Waals surface area contributed by atoms with Crippen molar-refractivity contribution in [3.8, 4) is 5.75 Å². The molecule has 0 aliphatic carbocycles. The zero-order valence-electron chi connectivity index (χ0n) is 17.0. The number of thioether (sulfide) groups is 1. The van der Waals surface area contributed by atoms with Gasteiger partial charge in [0.2, 0.25) is 5.91 Å². The molecule has 1 saturated heterocycles. The van der Waals surface area contributed by atoms with Gasteiger partial charge in [-0.3, -0.25) is 30.1 Å². The van der Waals surface area contributed by atoms with E-state index < -0.39 is 11.8 Å². The highest BCUT2D eigenvalue weighted by Crippen LogP contribution is 2.34. The van der Waals surface area contributed by atoms with Crippen LogP contribution in [0, 0.1) is 6.92 Å². The number of hydrazine groups is 1. The number of hydrogen-bond acceptors (Lipinski definition) is 6. The van der Waals surface area contributed by atoms with Gasteiger partial charge in [-0.25, -0.2) is 0 Å². The lowest BCUT2D eigenvalue weighted by atomic mass is 10.1. The SMILES string of the molecule is COc1ccccc1/C=C1\SC(=S)N(CCC(=O)NNC(=O)c2ccccc2C)C1=O. The standard InChI is InChI=1S/C22H21N3O4S2/c1-14-7-3-5-9-16(14)20(27)24-23-19(26)11-12-25-21(28)18(31-22(25)30)13-15-8-4-6-10-17(15)29-2/h3-10,13H,11-12H2,1-2H3,(H,23,26)(H,24,27)/b18-13-. The lowest BCUT2D eigenvalue weighted by molar-refractivity contribution is -0.124. The van der Waals surface area contributed by atoms with Gasteiger partial charge in [-0.2, -0.15) is 0 Å². The minimum absolute atomic E-state index is 0.0115. The van der Waals surface area contributed by atoms with Crippen molar-refractivity contribution in [2.45, 2.75) is 13.3 Å². The first-order chi connectivity index (χ1) is 14.9. The Balaban J connectivity index is 1.55. The molecular formula is C22H21N3O4S2. The van der Waals surface area contributed by atoms with Crippen LogP contribution in [0.5, 0.6) is 5.75 Å². The molecule has 2 aromatic rings. The molecule has 0 unspecified atom stereocenters. The van der Waals surface area contributed by atoms with E-state index >= 15 is 0 Å². The zero-order valence-corrected chi connectivity index (χ0v) is 18.6. The Kier molecular flexibility index (Phi) is 7.43. The summed E-state index contributed by atoms with van der Waals surface area (Å²) in [5, 5.41) is 0. The number of thiocarbonyl (C=S) groups is 1. The van der Waals surface area contributed by atoms with Gasteiger partial charge in [-0.1, -0.05) is 60.4 Å². The molecule has 1 aliphatic rings. The number of para-hydroxylation sites is 1. The summed E-state index contributed by atoms with van der Waals surface area (Å²) >= 11 is 6.48. The van der Waals surface area contributed by atoms with Gasteiger partial charge in [0.15, 0.2) is 0 Å². The number of benzene rings is 2. The summed E-state index contributed by atoms with van der Waals surface area (Å²) in [4.78, 5) is 38.9. The van der Waals surface area contributed by atoms with Crippen LogP contribution in [0.3, 0.4) is 0 Å². The van der Waals surface area contributed by atoms with Crippen LogP contribution in [0.4, 0.5) is 0 Å². The maximum absolute atomic E-state index is 12.7. The molecule has 1 aliphatic heterocycles. The Hall–Kier alpha value is -3.17. The lowest BCUT2D eigenvalue weighted by Gasteiger charge is -2.14. The minimum Gasteiger partial charge on any atom is -0.496 e. The van der Waals surface area contributed by atoms with Crippen LogP contribution in [0.2, 0.25) is 0 Å². The van der Waals surface area contributed by atoms with Gasteiger partial charge in [-0.15, -0.1) is 0 Å². The molecule has 0 saturated carbocycles. The van der Waals surface area contributed by atoms with E-state index in [4.69, 9.17) is 17.0 Å². The number of amides is 3. The van der Waals surface area contributed by atoms with E-state index in [1.807, 2.05) is 43.3 Å². The highest BCUT2D eigenvalue weighted by atomic mass is 32.2. The van der Waals surface area contributed by atoms with E-state index in [1.54, 1.807) is 25.3 Å². The van der Waals surface area contributed by atoms with Crippen molar-refractivity contribution in [1.82, 2.24) is 15.8 Å². The van der Waals surface area contributed by atoms with Crippen molar-refractivity contribution >= 4 is 52.1 Å². The number of methoxy groups -OCH3 is 1. The molecule has 2 N–H and O–H groups in total. The maximum atomic E-state index is 12.7. The van der Waals surface area contributed by atoms with Crippen LogP contribution < -0.4 is 15.6 Å². The molecular weight excluding hydrogens is 434 g/mol. The molecule has 160 valence electrons. The molecule has 0 atom stereocenters. The molecule has 1 heterocycles. The fourth-order valence-corrected chi connectivity index (χ4v) is 4.22. The summed E-state index contributed by atoms with van der Waals surface area (Å²) in [5.74, 6) is -0.448. The van der Waals surface area contributed by atoms with Crippen molar-refractivity contribution in [2.24, 2.45) is 0 Å². The number of aryl methyl sites for hydroxylation is 1. The number of carbonyl (C=O) groups excluding carboxylic acids is 3. The van der Waals surface area contributed by atoms with Crippen molar-refractivity contribution in [3.63, 3.8) is 0 Å². The zero-order chi connectivity index (χ0) is 22.4. The average molecular weight is 456 g/mol. The second-order valence-corrected chi connectivity index (χ2v) is 8.32. The third-order valence-electron chi connectivity index (χ3n) is 4.57. The Morgan fingerprint density at radius 1 is 1.13 bits per heavy atom. The third-order valence-corrected chi connectivity index (χ3v) is 5.94. The van der Waals surface area contributed by atoms with E-state index in [2.05, 4.69) is 10.9 Å². The largest absolute Gasteiger partial charge is 0.496 e. The second-order valence-electron chi connectivity index (χ2n) is 6.64. The Morgan fingerprint density at radius 2 is 1.84 bits per heavy atom. The van der Waals surface area contributed by atoms with E-state index in [9.17, 15) is 14.4 Å². The highest BCUT2D eigenvalue weighted by Gasteiger charge is 2.32. The Bertz CT molecular complexity index is 1070. The topological polar surface area (TPSA) is 87.7 Å². The van der Waals surface area contributed by atoms with Crippen LogP contribution in [-0.4, -0.2) is 40.6 Å². The van der Waals surface area contributed by atoms with E-state index in [1.165, 1.54) is 16.7 Å². The van der Waals surface area contributed by atoms with Gasteiger partial charge in [0.05, 0.1) is 12.0 Å².